The molecule has 0 spiro atoms. The fraction of sp³-hybridized carbons (Fsp3) is 0.290. The van der Waals surface area contributed by atoms with Crippen LogP contribution in [0.25, 0.3) is 6.08 Å². The minimum absolute atomic E-state index is 0. The van der Waals surface area contributed by atoms with E-state index in [1.54, 1.807) is 30.3 Å². The summed E-state index contributed by atoms with van der Waals surface area (Å²) in [6, 6.07) is 18.8. The van der Waals surface area contributed by atoms with Crippen LogP contribution in [0.2, 0.25) is 0 Å². The maximum Gasteiger partial charge on any atom is 0.416 e. The van der Waals surface area contributed by atoms with Crippen molar-refractivity contribution in [3.05, 3.63) is 88.8 Å². The molecule has 5 rings (SSSR count). The van der Waals surface area contributed by atoms with Crippen LogP contribution in [-0.2, 0) is 11.0 Å². The highest BCUT2D eigenvalue weighted by Crippen LogP contribution is 2.37. The molecule has 2 heterocycles. The molecular formula is C31H32Cl2F3N3O3S2. The predicted molar refractivity (Wildman–Crippen MR) is 179 cm³/mol. The van der Waals surface area contributed by atoms with Crippen LogP contribution in [0.1, 0.15) is 17.5 Å². The maximum absolute atomic E-state index is 13.2. The Hall–Kier alpha value is -2.80. The van der Waals surface area contributed by atoms with Gasteiger partial charge in [-0.1, -0.05) is 36.1 Å². The molecule has 0 aliphatic carbocycles. The van der Waals surface area contributed by atoms with Crippen molar-refractivity contribution in [3.8, 4) is 17.2 Å². The van der Waals surface area contributed by atoms with Gasteiger partial charge in [0.2, 0.25) is 0 Å². The lowest BCUT2D eigenvalue weighted by molar-refractivity contribution is -0.137. The summed E-state index contributed by atoms with van der Waals surface area (Å²) in [7, 11) is 2.15. The van der Waals surface area contributed by atoms with Gasteiger partial charge in [0.25, 0.3) is 5.91 Å². The average molecular weight is 687 g/mol. The number of benzene rings is 3. The lowest BCUT2D eigenvalue weighted by Gasteiger charge is -2.32. The van der Waals surface area contributed by atoms with E-state index in [9.17, 15) is 18.0 Å². The van der Waals surface area contributed by atoms with Crippen LogP contribution in [0, 0.1) is 0 Å². The Bertz CT molecular complexity index is 1430. The van der Waals surface area contributed by atoms with E-state index < -0.39 is 11.7 Å². The molecule has 0 bridgehead atoms. The van der Waals surface area contributed by atoms with Gasteiger partial charge in [-0.2, -0.15) is 13.2 Å². The number of halogens is 5. The van der Waals surface area contributed by atoms with Crippen LogP contribution in [0.15, 0.2) is 77.7 Å². The van der Waals surface area contributed by atoms with Gasteiger partial charge in [0.15, 0.2) is 4.32 Å². The fourth-order valence-electron chi connectivity index (χ4n) is 4.56. The van der Waals surface area contributed by atoms with Crippen LogP contribution < -0.4 is 14.4 Å². The molecule has 0 radical (unpaired) electrons. The zero-order valence-electron chi connectivity index (χ0n) is 23.8. The van der Waals surface area contributed by atoms with Crippen LogP contribution in [0.4, 0.5) is 18.9 Å². The first-order chi connectivity index (χ1) is 20.2. The number of carbonyl (C=O) groups is 1. The van der Waals surface area contributed by atoms with E-state index in [2.05, 4.69) is 16.8 Å². The Morgan fingerprint density at radius 2 is 1.43 bits per heavy atom. The normalized spacial score (nSPS) is 16.9. The average Bonchev–Trinajstić information content (AvgIpc) is 3.25. The van der Waals surface area contributed by atoms with Crippen LogP contribution >= 0.6 is 48.8 Å². The number of nitrogens with zero attached hydrogens (tertiary/aromatic N) is 3. The number of likely N-dealkylation sites (N-methyl/N-ethyl adjacent to an activating group) is 1. The van der Waals surface area contributed by atoms with Gasteiger partial charge in [0.1, 0.15) is 17.2 Å². The molecule has 236 valence electrons. The molecule has 2 fully saturated rings. The molecular weight excluding hydrogens is 654 g/mol. The topological polar surface area (TPSA) is 45.2 Å². The molecule has 13 heteroatoms. The first-order valence-electron chi connectivity index (χ1n) is 13.5. The quantitative estimate of drug-likeness (QED) is 0.130. The lowest BCUT2D eigenvalue weighted by atomic mass is 10.2. The zero-order valence-corrected chi connectivity index (χ0v) is 27.1. The van der Waals surface area contributed by atoms with Crippen molar-refractivity contribution in [1.82, 2.24) is 9.80 Å². The number of alkyl halides is 3. The highest BCUT2D eigenvalue weighted by atomic mass is 35.5. The van der Waals surface area contributed by atoms with Gasteiger partial charge >= 0.3 is 6.18 Å². The number of hydrogen-bond donors (Lipinski definition) is 0. The lowest BCUT2D eigenvalue weighted by Crippen LogP contribution is -2.44. The van der Waals surface area contributed by atoms with Crippen LogP contribution in [0.5, 0.6) is 17.2 Å². The monoisotopic (exact) mass is 685 g/mol. The standard InChI is InChI=1S/C31H30F3N3O3S2.2ClH/c1-35-16-18-36(19-17-35)15-2-20-39-25-13-7-24(8-14-25)37-29(38)28(42-30(37)41)21-22-3-9-26(10-4-22)40-27-11-5-23(6-12-27)31(32,33)34;;/h3-14,21H,2,15-20H2,1H3;2*1H. The number of carbonyl (C=O) groups excluding carboxylic acids is 1. The second kappa shape index (κ2) is 16.0. The summed E-state index contributed by atoms with van der Waals surface area (Å²) in [5.41, 5.74) is 0.695. The van der Waals surface area contributed by atoms with Gasteiger partial charge in [-0.05, 0) is 85.8 Å². The predicted octanol–water partition coefficient (Wildman–Crippen LogP) is 7.76. The third-order valence-electron chi connectivity index (χ3n) is 6.97. The summed E-state index contributed by atoms with van der Waals surface area (Å²) in [5.74, 6) is 1.28. The minimum Gasteiger partial charge on any atom is -0.494 e. The molecule has 3 aromatic rings. The van der Waals surface area contributed by atoms with Crippen molar-refractivity contribution in [3.63, 3.8) is 0 Å². The van der Waals surface area contributed by atoms with E-state index in [4.69, 9.17) is 21.7 Å². The highest BCUT2D eigenvalue weighted by Gasteiger charge is 2.33. The molecule has 0 saturated carbocycles. The van der Waals surface area contributed by atoms with Crippen molar-refractivity contribution < 1.29 is 27.4 Å². The smallest absolute Gasteiger partial charge is 0.416 e. The van der Waals surface area contributed by atoms with Crippen LogP contribution in [0.3, 0.4) is 0 Å². The van der Waals surface area contributed by atoms with E-state index in [0.29, 0.717) is 33.0 Å². The first-order valence-corrected chi connectivity index (χ1v) is 14.7. The minimum atomic E-state index is -4.40. The van der Waals surface area contributed by atoms with E-state index in [0.717, 1.165) is 62.6 Å². The number of rotatable bonds is 9. The number of thiocarbonyl (C=S) groups is 1. The largest absolute Gasteiger partial charge is 0.494 e. The third kappa shape index (κ3) is 9.35. The molecule has 0 unspecified atom stereocenters. The molecule has 3 aromatic carbocycles. The third-order valence-corrected chi connectivity index (χ3v) is 8.27. The van der Waals surface area contributed by atoms with Gasteiger partial charge in [-0.15, -0.1) is 24.8 Å². The Labute approximate surface area is 277 Å². The molecule has 0 aromatic heterocycles. The van der Waals surface area contributed by atoms with Crippen molar-refractivity contribution >= 4 is 70.8 Å². The molecule has 0 N–H and O–H groups in total. The number of piperazine rings is 1. The Morgan fingerprint density at radius 1 is 0.864 bits per heavy atom. The Kier molecular flexibility index (Phi) is 12.9. The second-order valence-electron chi connectivity index (χ2n) is 10.1. The summed E-state index contributed by atoms with van der Waals surface area (Å²) in [6.07, 6.45) is -1.70. The summed E-state index contributed by atoms with van der Waals surface area (Å²) in [5, 5.41) is 0. The Morgan fingerprint density at radius 3 is 2.02 bits per heavy atom. The van der Waals surface area contributed by atoms with Gasteiger partial charge in [-0.25, -0.2) is 0 Å². The molecule has 2 aliphatic heterocycles. The molecule has 2 saturated heterocycles. The zero-order chi connectivity index (χ0) is 29.7. The van der Waals surface area contributed by atoms with E-state index >= 15 is 0 Å². The number of hydrogen-bond acceptors (Lipinski definition) is 7. The summed E-state index contributed by atoms with van der Waals surface area (Å²) in [4.78, 5) is 20.0. The number of ether oxygens (including phenoxy) is 2. The van der Waals surface area contributed by atoms with Gasteiger partial charge in [-0.3, -0.25) is 9.69 Å². The van der Waals surface area contributed by atoms with Crippen molar-refractivity contribution in [2.24, 2.45) is 0 Å². The van der Waals surface area contributed by atoms with E-state index in [-0.39, 0.29) is 30.7 Å². The summed E-state index contributed by atoms with van der Waals surface area (Å²) >= 11 is 6.73. The second-order valence-corrected chi connectivity index (χ2v) is 11.7. The van der Waals surface area contributed by atoms with Crippen molar-refractivity contribution in [2.45, 2.75) is 12.6 Å². The summed E-state index contributed by atoms with van der Waals surface area (Å²) in [6.45, 7) is 6.03. The number of thioether (sulfide) groups is 1. The fourth-order valence-corrected chi connectivity index (χ4v) is 5.86. The summed E-state index contributed by atoms with van der Waals surface area (Å²) < 4.78 is 50.3. The molecule has 2 aliphatic rings. The molecule has 44 heavy (non-hydrogen) atoms. The van der Waals surface area contributed by atoms with Crippen molar-refractivity contribution in [1.29, 1.82) is 0 Å². The van der Waals surface area contributed by atoms with E-state index in [1.165, 1.54) is 28.8 Å². The highest BCUT2D eigenvalue weighted by molar-refractivity contribution is 8.27. The van der Waals surface area contributed by atoms with Crippen LogP contribution in [-0.4, -0.2) is 66.4 Å². The Balaban J connectivity index is 0.00000264. The number of amides is 1. The van der Waals surface area contributed by atoms with E-state index in [1.807, 2.05) is 24.3 Å². The number of anilines is 1. The molecule has 1 amide bonds. The van der Waals surface area contributed by atoms with Gasteiger partial charge < -0.3 is 19.3 Å². The van der Waals surface area contributed by atoms with Gasteiger partial charge in [0, 0.05) is 32.7 Å². The molecule has 6 nitrogen and oxygen atoms in total. The first kappa shape index (κ1) is 35.7. The maximum atomic E-state index is 13.2. The van der Waals surface area contributed by atoms with Gasteiger partial charge in [0.05, 0.1) is 22.8 Å². The molecule has 0 atom stereocenters. The SMILES string of the molecule is CN1CCN(CCCOc2ccc(N3C(=O)C(=Cc4ccc(Oc5ccc(C(F)(F)F)cc5)cc4)SC3=S)cc2)CC1.Cl.Cl. The van der Waals surface area contributed by atoms with Crippen molar-refractivity contribution in [2.75, 3.05) is 51.3 Å².